The van der Waals surface area contributed by atoms with Gasteiger partial charge in [0.2, 0.25) is 5.95 Å². The zero-order valence-electron chi connectivity index (χ0n) is 11.1. The summed E-state index contributed by atoms with van der Waals surface area (Å²) in [5, 5.41) is 0. The van der Waals surface area contributed by atoms with E-state index in [-0.39, 0.29) is 5.95 Å². The van der Waals surface area contributed by atoms with Crippen LogP contribution >= 0.6 is 0 Å². The Morgan fingerprint density at radius 1 is 1.00 bits per heavy atom. The number of hydrogen-bond donors (Lipinski definition) is 2. The van der Waals surface area contributed by atoms with Gasteiger partial charge < -0.3 is 20.9 Å². The molecule has 6 heteroatoms. The van der Waals surface area contributed by atoms with Crippen molar-refractivity contribution in [1.29, 1.82) is 0 Å². The second-order valence-corrected chi connectivity index (χ2v) is 4.05. The van der Waals surface area contributed by atoms with Crippen LogP contribution in [0.25, 0.3) is 11.1 Å². The third-order valence-corrected chi connectivity index (χ3v) is 2.86. The first-order valence-electron chi connectivity index (χ1n) is 5.67. The first kappa shape index (κ1) is 12.9. The maximum absolute atomic E-state index is 5.88. The highest BCUT2D eigenvalue weighted by molar-refractivity contribution is 5.78. The fraction of sp³-hybridized carbons (Fsp3) is 0.231. The number of methoxy groups -OCH3 is 2. The van der Waals surface area contributed by atoms with E-state index < -0.39 is 0 Å². The van der Waals surface area contributed by atoms with Crippen LogP contribution in [0.15, 0.2) is 18.3 Å². The summed E-state index contributed by atoms with van der Waals surface area (Å²) in [5.74, 6) is 1.78. The molecule has 100 valence electrons. The quantitative estimate of drug-likeness (QED) is 0.870. The van der Waals surface area contributed by atoms with Crippen LogP contribution in [0, 0.1) is 6.92 Å². The number of aryl methyl sites for hydroxylation is 1. The van der Waals surface area contributed by atoms with E-state index in [1.54, 1.807) is 20.4 Å². The molecule has 6 nitrogen and oxygen atoms in total. The van der Waals surface area contributed by atoms with E-state index in [1.165, 1.54) is 0 Å². The van der Waals surface area contributed by atoms with Crippen molar-refractivity contribution in [3.8, 4) is 22.6 Å². The summed E-state index contributed by atoms with van der Waals surface area (Å²) in [6.45, 7) is 1.95. The Morgan fingerprint density at radius 2 is 1.63 bits per heavy atom. The number of ether oxygens (including phenoxy) is 2. The Balaban J connectivity index is 2.61. The number of benzene rings is 1. The number of aromatic nitrogens is 2. The predicted molar refractivity (Wildman–Crippen MR) is 74.1 cm³/mol. The van der Waals surface area contributed by atoms with Gasteiger partial charge in [0.25, 0.3) is 0 Å². The van der Waals surface area contributed by atoms with Gasteiger partial charge in [-0.1, -0.05) is 0 Å². The number of nitrogens with two attached hydrogens (primary N) is 2. The van der Waals surface area contributed by atoms with Gasteiger partial charge in [0.1, 0.15) is 5.82 Å². The maximum atomic E-state index is 5.88. The number of hydrogen-bond acceptors (Lipinski definition) is 6. The van der Waals surface area contributed by atoms with Crippen molar-refractivity contribution >= 4 is 11.8 Å². The van der Waals surface area contributed by atoms with Crippen LogP contribution in [0.3, 0.4) is 0 Å². The molecule has 2 rings (SSSR count). The zero-order valence-corrected chi connectivity index (χ0v) is 11.1. The molecule has 0 aliphatic carbocycles. The number of rotatable bonds is 3. The Labute approximate surface area is 111 Å². The molecule has 0 spiro atoms. The summed E-state index contributed by atoms with van der Waals surface area (Å²) in [6, 6.07) is 3.73. The fourth-order valence-corrected chi connectivity index (χ4v) is 1.89. The van der Waals surface area contributed by atoms with Gasteiger partial charge in [0.15, 0.2) is 11.5 Å². The summed E-state index contributed by atoms with van der Waals surface area (Å²) in [6.07, 6.45) is 1.60. The second-order valence-electron chi connectivity index (χ2n) is 4.05. The van der Waals surface area contributed by atoms with Crippen LogP contribution in [0.5, 0.6) is 11.5 Å². The molecule has 2 aromatic rings. The van der Waals surface area contributed by atoms with Crippen molar-refractivity contribution < 1.29 is 9.47 Å². The molecule has 0 saturated carbocycles. The molecule has 4 N–H and O–H groups in total. The van der Waals surface area contributed by atoms with E-state index in [0.717, 1.165) is 11.1 Å². The average molecular weight is 260 g/mol. The highest BCUT2D eigenvalue weighted by Gasteiger charge is 2.13. The molecule has 0 unspecified atom stereocenters. The second kappa shape index (κ2) is 5.01. The van der Waals surface area contributed by atoms with Crippen molar-refractivity contribution in [3.63, 3.8) is 0 Å². The standard InChI is InChI=1S/C13H16N4O2/c1-7-4-10(18-2)11(19-3)5-8(7)9-6-16-13(15)17-12(9)14/h4-6H,1-3H3,(H4,14,15,16,17). The van der Waals surface area contributed by atoms with E-state index in [2.05, 4.69) is 9.97 Å². The summed E-state index contributed by atoms with van der Waals surface area (Å²) in [5.41, 5.74) is 14.0. The van der Waals surface area contributed by atoms with Gasteiger partial charge in [-0.25, -0.2) is 4.98 Å². The first-order chi connectivity index (χ1) is 9.06. The van der Waals surface area contributed by atoms with Crippen LogP contribution in [-0.2, 0) is 0 Å². The van der Waals surface area contributed by atoms with Gasteiger partial charge in [-0.3, -0.25) is 0 Å². The summed E-state index contributed by atoms with van der Waals surface area (Å²) >= 11 is 0. The predicted octanol–water partition coefficient (Wildman–Crippen LogP) is 1.63. The third-order valence-electron chi connectivity index (χ3n) is 2.86. The lowest BCUT2D eigenvalue weighted by Gasteiger charge is -2.13. The highest BCUT2D eigenvalue weighted by atomic mass is 16.5. The normalized spacial score (nSPS) is 10.3. The molecule has 0 aliphatic heterocycles. The lowest BCUT2D eigenvalue weighted by atomic mass is 10.0. The van der Waals surface area contributed by atoms with E-state index in [4.69, 9.17) is 20.9 Å². The molecule has 0 saturated heterocycles. The van der Waals surface area contributed by atoms with Gasteiger partial charge in [0.05, 0.1) is 14.2 Å². The van der Waals surface area contributed by atoms with Gasteiger partial charge in [-0.15, -0.1) is 0 Å². The van der Waals surface area contributed by atoms with Crippen molar-refractivity contribution in [2.24, 2.45) is 0 Å². The Morgan fingerprint density at radius 3 is 2.21 bits per heavy atom. The van der Waals surface area contributed by atoms with Gasteiger partial charge in [-0.05, 0) is 30.2 Å². The molecule has 0 atom stereocenters. The Hall–Kier alpha value is -2.50. The van der Waals surface area contributed by atoms with E-state index in [9.17, 15) is 0 Å². The maximum Gasteiger partial charge on any atom is 0.221 e. The molecule has 1 aromatic heterocycles. The molecule has 1 aromatic carbocycles. The van der Waals surface area contributed by atoms with Gasteiger partial charge >= 0.3 is 0 Å². The van der Waals surface area contributed by atoms with Crippen LogP contribution in [0.4, 0.5) is 11.8 Å². The van der Waals surface area contributed by atoms with Gasteiger partial charge in [0, 0.05) is 11.8 Å². The van der Waals surface area contributed by atoms with Crippen molar-refractivity contribution in [1.82, 2.24) is 9.97 Å². The lowest BCUT2D eigenvalue weighted by Crippen LogP contribution is -2.02. The summed E-state index contributed by atoms with van der Waals surface area (Å²) in [7, 11) is 3.18. The van der Waals surface area contributed by atoms with Crippen LogP contribution in [0.1, 0.15) is 5.56 Å². The summed E-state index contributed by atoms with van der Waals surface area (Å²) < 4.78 is 10.5. The monoisotopic (exact) mass is 260 g/mol. The molecule has 19 heavy (non-hydrogen) atoms. The van der Waals surface area contributed by atoms with Crippen LogP contribution < -0.4 is 20.9 Å². The number of nitrogens with zero attached hydrogens (tertiary/aromatic N) is 2. The fourth-order valence-electron chi connectivity index (χ4n) is 1.89. The van der Waals surface area contributed by atoms with Crippen LogP contribution in [0.2, 0.25) is 0 Å². The van der Waals surface area contributed by atoms with Crippen molar-refractivity contribution in [3.05, 3.63) is 23.9 Å². The molecule has 0 radical (unpaired) electrons. The van der Waals surface area contributed by atoms with Crippen molar-refractivity contribution in [2.45, 2.75) is 6.92 Å². The average Bonchev–Trinajstić information content (AvgIpc) is 2.39. The lowest BCUT2D eigenvalue weighted by molar-refractivity contribution is 0.355. The summed E-state index contributed by atoms with van der Waals surface area (Å²) in [4.78, 5) is 7.93. The topological polar surface area (TPSA) is 96.3 Å². The zero-order chi connectivity index (χ0) is 14.0. The van der Waals surface area contributed by atoms with Gasteiger partial charge in [-0.2, -0.15) is 4.98 Å². The molecule has 0 bridgehead atoms. The first-order valence-corrected chi connectivity index (χ1v) is 5.67. The van der Waals surface area contributed by atoms with E-state index >= 15 is 0 Å². The van der Waals surface area contributed by atoms with Crippen molar-refractivity contribution in [2.75, 3.05) is 25.7 Å². The third kappa shape index (κ3) is 2.37. The minimum absolute atomic E-state index is 0.152. The Kier molecular flexibility index (Phi) is 3.41. The minimum atomic E-state index is 0.152. The highest BCUT2D eigenvalue weighted by Crippen LogP contribution is 2.36. The largest absolute Gasteiger partial charge is 0.493 e. The van der Waals surface area contributed by atoms with E-state index in [0.29, 0.717) is 22.9 Å². The van der Waals surface area contributed by atoms with Crippen LogP contribution in [-0.4, -0.2) is 24.2 Å². The molecule has 0 fully saturated rings. The smallest absolute Gasteiger partial charge is 0.221 e. The molecular formula is C13H16N4O2. The SMILES string of the molecule is COc1cc(C)c(-c2cnc(N)nc2N)cc1OC. The molecular weight excluding hydrogens is 244 g/mol. The number of anilines is 2. The van der Waals surface area contributed by atoms with E-state index in [1.807, 2.05) is 19.1 Å². The molecule has 0 aliphatic rings. The molecule has 0 amide bonds. The minimum Gasteiger partial charge on any atom is -0.493 e. The molecule has 1 heterocycles. The Bertz CT molecular complexity index is 614. The number of nitrogen functional groups attached to an aromatic ring is 2.